The van der Waals surface area contributed by atoms with Gasteiger partial charge in [0, 0.05) is 30.4 Å². The number of carbonyl (C=O) groups excluding carboxylic acids is 2. The van der Waals surface area contributed by atoms with Crippen LogP contribution in [0, 0.1) is 10.1 Å². The van der Waals surface area contributed by atoms with E-state index in [0.29, 0.717) is 17.6 Å². The molecule has 0 radical (unpaired) electrons. The van der Waals surface area contributed by atoms with Crippen molar-refractivity contribution < 1.29 is 14.5 Å². The average molecular weight is 265 g/mol. The summed E-state index contributed by atoms with van der Waals surface area (Å²) in [5, 5.41) is 10.6. The van der Waals surface area contributed by atoms with Crippen molar-refractivity contribution in [2.45, 2.75) is 6.92 Å². The fourth-order valence-corrected chi connectivity index (χ4v) is 1.70. The van der Waals surface area contributed by atoms with E-state index >= 15 is 0 Å². The molecule has 0 aliphatic carbocycles. The first-order valence-electron chi connectivity index (χ1n) is 5.08. The van der Waals surface area contributed by atoms with Crippen molar-refractivity contribution >= 4 is 34.9 Å². The van der Waals surface area contributed by atoms with E-state index in [0.717, 1.165) is 11.8 Å². The number of non-ortho nitro benzene ring substituents is 1. The number of hydrogen-bond donors (Lipinski definition) is 0. The van der Waals surface area contributed by atoms with Crippen molar-refractivity contribution in [3.63, 3.8) is 0 Å². The van der Waals surface area contributed by atoms with Gasteiger partial charge >= 0.3 is 0 Å². The fraction of sp³-hybridized carbons (Fsp3) is 0.167. The monoisotopic (exact) mass is 265 g/mol. The van der Waals surface area contributed by atoms with Crippen LogP contribution in [0.2, 0.25) is 0 Å². The van der Waals surface area contributed by atoms with Crippen LogP contribution >= 0.6 is 11.8 Å². The number of aldehydes is 1. The maximum absolute atomic E-state index is 10.8. The molecule has 0 aromatic heterocycles. The smallest absolute Gasteiger partial charge is 0.270 e. The molecule has 1 aromatic rings. The van der Waals surface area contributed by atoms with Gasteiger partial charge in [0.2, 0.25) is 0 Å². The molecule has 1 aromatic carbocycles. The van der Waals surface area contributed by atoms with Gasteiger partial charge in [-0.05, 0) is 11.6 Å². The normalized spacial score (nSPS) is 10.5. The highest BCUT2D eigenvalue weighted by molar-refractivity contribution is 8.13. The number of nitrogens with zero attached hydrogens (tertiary/aromatic N) is 1. The summed E-state index contributed by atoms with van der Waals surface area (Å²) in [6.45, 7) is 1.47. The molecule has 6 heteroatoms. The summed E-state index contributed by atoms with van der Waals surface area (Å²) in [5.41, 5.74) is 0.736. The van der Waals surface area contributed by atoms with Crippen LogP contribution in [0.25, 0.3) is 6.08 Å². The lowest BCUT2D eigenvalue weighted by atomic mass is 10.1. The lowest BCUT2D eigenvalue weighted by molar-refractivity contribution is -0.384. The summed E-state index contributed by atoms with van der Waals surface area (Å²) >= 11 is 1.15. The number of carbonyl (C=O) groups is 2. The summed E-state index contributed by atoms with van der Waals surface area (Å²) in [6, 6.07) is 4.08. The van der Waals surface area contributed by atoms with Crippen LogP contribution in [0.3, 0.4) is 0 Å². The largest absolute Gasteiger partial charge is 0.298 e. The van der Waals surface area contributed by atoms with Gasteiger partial charge < -0.3 is 0 Å². The molecule has 0 bridgehead atoms. The van der Waals surface area contributed by atoms with Crippen molar-refractivity contribution in [3.05, 3.63) is 45.5 Å². The Bertz CT molecular complexity index is 511. The van der Waals surface area contributed by atoms with Crippen LogP contribution in [-0.4, -0.2) is 22.1 Å². The molecule has 0 atom stereocenters. The van der Waals surface area contributed by atoms with E-state index in [2.05, 4.69) is 0 Å². The summed E-state index contributed by atoms with van der Waals surface area (Å²) in [6.07, 6.45) is 3.98. The van der Waals surface area contributed by atoms with Gasteiger partial charge in [-0.15, -0.1) is 0 Å². The second-order valence-electron chi connectivity index (χ2n) is 3.39. The highest BCUT2D eigenvalue weighted by Gasteiger charge is 2.08. The van der Waals surface area contributed by atoms with E-state index in [1.54, 1.807) is 12.2 Å². The Labute approximate surface area is 108 Å². The molecule has 0 saturated heterocycles. The Morgan fingerprint density at radius 1 is 1.44 bits per heavy atom. The summed E-state index contributed by atoms with van der Waals surface area (Å²) in [7, 11) is 0. The summed E-state index contributed by atoms with van der Waals surface area (Å²) in [4.78, 5) is 31.5. The predicted octanol–water partition coefficient (Wildman–Crippen LogP) is 2.70. The number of nitro groups is 1. The van der Waals surface area contributed by atoms with E-state index < -0.39 is 4.92 Å². The standard InChI is InChI=1S/C12H11NO4S/c1-9(15)18-6-2-3-10-4-5-12(13(16)17)7-11(10)8-14/h2-5,7-8H,6H2,1H3. The molecule has 0 aliphatic heterocycles. The second kappa shape index (κ2) is 6.70. The zero-order valence-corrected chi connectivity index (χ0v) is 10.5. The first kappa shape index (κ1) is 14.1. The molecule has 0 N–H and O–H groups in total. The van der Waals surface area contributed by atoms with E-state index in [4.69, 9.17) is 0 Å². The van der Waals surface area contributed by atoms with Gasteiger partial charge in [-0.3, -0.25) is 19.7 Å². The molecule has 0 aliphatic rings. The topological polar surface area (TPSA) is 77.3 Å². The van der Waals surface area contributed by atoms with E-state index in [-0.39, 0.29) is 16.4 Å². The first-order valence-corrected chi connectivity index (χ1v) is 6.06. The van der Waals surface area contributed by atoms with Gasteiger partial charge in [0.05, 0.1) is 4.92 Å². The highest BCUT2D eigenvalue weighted by Crippen LogP contribution is 2.18. The molecule has 94 valence electrons. The third-order valence-corrected chi connectivity index (χ3v) is 2.85. The first-order chi connectivity index (χ1) is 8.54. The summed E-state index contributed by atoms with van der Waals surface area (Å²) in [5.74, 6) is 0.505. The zero-order valence-electron chi connectivity index (χ0n) is 9.66. The number of thioether (sulfide) groups is 1. The molecule has 0 spiro atoms. The maximum Gasteiger partial charge on any atom is 0.270 e. The number of rotatable bonds is 5. The number of benzene rings is 1. The minimum atomic E-state index is -0.550. The van der Waals surface area contributed by atoms with E-state index in [1.807, 2.05) is 0 Å². The van der Waals surface area contributed by atoms with Crippen LogP contribution in [0.4, 0.5) is 5.69 Å². The van der Waals surface area contributed by atoms with Gasteiger partial charge in [-0.1, -0.05) is 23.9 Å². The van der Waals surface area contributed by atoms with Crippen molar-refractivity contribution in [2.24, 2.45) is 0 Å². The number of hydrogen-bond acceptors (Lipinski definition) is 5. The Morgan fingerprint density at radius 2 is 2.17 bits per heavy atom. The molecule has 5 nitrogen and oxygen atoms in total. The van der Waals surface area contributed by atoms with Crippen molar-refractivity contribution in [2.75, 3.05) is 5.75 Å². The van der Waals surface area contributed by atoms with Gasteiger partial charge in [0.15, 0.2) is 11.4 Å². The third kappa shape index (κ3) is 4.14. The molecule has 1 rings (SSSR count). The summed E-state index contributed by atoms with van der Waals surface area (Å²) < 4.78 is 0. The van der Waals surface area contributed by atoms with Crippen LogP contribution in [0.5, 0.6) is 0 Å². The van der Waals surface area contributed by atoms with Crippen molar-refractivity contribution in [1.82, 2.24) is 0 Å². The van der Waals surface area contributed by atoms with Crippen LogP contribution < -0.4 is 0 Å². The molecule has 0 heterocycles. The highest BCUT2D eigenvalue weighted by atomic mass is 32.2. The predicted molar refractivity (Wildman–Crippen MR) is 70.7 cm³/mol. The Hall–Kier alpha value is -1.95. The van der Waals surface area contributed by atoms with Crippen LogP contribution in [0.1, 0.15) is 22.8 Å². The number of nitro benzene ring substituents is 1. The van der Waals surface area contributed by atoms with E-state index in [9.17, 15) is 19.7 Å². The van der Waals surface area contributed by atoms with E-state index in [1.165, 1.54) is 25.1 Å². The minimum absolute atomic E-state index is 0.0129. The van der Waals surface area contributed by atoms with Gasteiger partial charge in [-0.25, -0.2) is 0 Å². The molecule has 0 fully saturated rings. The van der Waals surface area contributed by atoms with Gasteiger partial charge in [0.1, 0.15) is 0 Å². The zero-order chi connectivity index (χ0) is 13.5. The van der Waals surface area contributed by atoms with Crippen molar-refractivity contribution in [1.29, 1.82) is 0 Å². The fourth-order valence-electron chi connectivity index (χ4n) is 1.27. The Kier molecular flexibility index (Phi) is 5.26. The molecule has 0 saturated carbocycles. The third-order valence-electron chi connectivity index (χ3n) is 2.09. The Morgan fingerprint density at radius 3 is 2.72 bits per heavy atom. The molecule has 18 heavy (non-hydrogen) atoms. The molecular formula is C12H11NO4S. The van der Waals surface area contributed by atoms with Crippen molar-refractivity contribution in [3.8, 4) is 0 Å². The average Bonchev–Trinajstić information content (AvgIpc) is 2.34. The lowest BCUT2D eigenvalue weighted by Crippen LogP contribution is -1.92. The maximum atomic E-state index is 10.8. The molecule has 0 unspecified atom stereocenters. The SMILES string of the molecule is CC(=O)SCC=Cc1ccc([N+](=O)[O-])cc1C=O. The van der Waals surface area contributed by atoms with Crippen LogP contribution in [0.15, 0.2) is 24.3 Å². The van der Waals surface area contributed by atoms with Crippen LogP contribution in [-0.2, 0) is 4.79 Å². The quantitative estimate of drug-likeness (QED) is 0.464. The Balaban J connectivity index is 2.86. The second-order valence-corrected chi connectivity index (χ2v) is 4.59. The lowest BCUT2D eigenvalue weighted by Gasteiger charge is -1.99. The minimum Gasteiger partial charge on any atom is -0.298 e. The van der Waals surface area contributed by atoms with Gasteiger partial charge in [0.25, 0.3) is 5.69 Å². The molecule has 0 amide bonds. The van der Waals surface area contributed by atoms with Gasteiger partial charge in [-0.2, -0.15) is 0 Å². The molecular weight excluding hydrogens is 254 g/mol.